The second-order valence-corrected chi connectivity index (χ2v) is 8.06. The predicted molar refractivity (Wildman–Crippen MR) is 83.2 cm³/mol. The van der Waals surface area contributed by atoms with E-state index in [1.807, 2.05) is 0 Å². The summed E-state index contributed by atoms with van der Waals surface area (Å²) in [4.78, 5) is 0. The van der Waals surface area contributed by atoms with Crippen LogP contribution in [0.25, 0.3) is 0 Å². The van der Waals surface area contributed by atoms with E-state index >= 15 is 0 Å². The van der Waals surface area contributed by atoms with Crippen molar-refractivity contribution in [1.29, 1.82) is 0 Å². The molecule has 1 saturated carbocycles. The number of rotatable bonds is 9. The zero-order valence-corrected chi connectivity index (χ0v) is 14.9. The van der Waals surface area contributed by atoms with Crippen LogP contribution in [-0.4, -0.2) is 29.9 Å². The van der Waals surface area contributed by atoms with Crippen molar-refractivity contribution in [2.45, 2.75) is 56.8 Å². The summed E-state index contributed by atoms with van der Waals surface area (Å²) in [7, 11) is 4.47. The van der Waals surface area contributed by atoms with Gasteiger partial charge in [-0.1, -0.05) is 31.4 Å². The third-order valence-corrected chi connectivity index (χ3v) is 6.55. The maximum atomic E-state index is 5.44. The molecule has 0 aromatic rings. The summed E-state index contributed by atoms with van der Waals surface area (Å²) in [5.74, 6) is 2.87. The Labute approximate surface area is 121 Å². The third-order valence-electron chi connectivity index (χ3n) is 5.24. The molecular weight excluding hydrogens is 252 g/mol. The summed E-state index contributed by atoms with van der Waals surface area (Å²) in [6.07, 6.45) is 15.7. The van der Waals surface area contributed by atoms with Crippen molar-refractivity contribution in [3.63, 3.8) is 0 Å². The molecule has 0 aliphatic heterocycles. The van der Waals surface area contributed by atoms with Gasteiger partial charge in [-0.05, 0) is 49.9 Å². The van der Waals surface area contributed by atoms with E-state index < -0.39 is 0 Å². The van der Waals surface area contributed by atoms with Crippen molar-refractivity contribution in [2.24, 2.45) is 17.8 Å². The lowest BCUT2D eigenvalue weighted by Crippen LogP contribution is -2.33. The highest BCUT2D eigenvalue weighted by atomic mass is 28.1. The first-order valence-electron chi connectivity index (χ1n) is 7.95. The van der Waals surface area contributed by atoms with Crippen LogP contribution in [0.3, 0.4) is 0 Å². The Morgan fingerprint density at radius 2 is 1.79 bits per heavy atom. The Morgan fingerprint density at radius 1 is 1.05 bits per heavy atom. The van der Waals surface area contributed by atoms with Crippen LogP contribution in [-0.2, 0) is 9.47 Å². The molecule has 2 bridgehead atoms. The Bertz CT molecular complexity index is 299. The average Bonchev–Trinajstić information content (AvgIpc) is 3.04. The van der Waals surface area contributed by atoms with Crippen molar-refractivity contribution in [3.05, 3.63) is 12.2 Å². The first-order valence-corrected chi connectivity index (χ1v) is 8.95. The molecule has 3 unspecified atom stereocenters. The molecule has 1 fully saturated rings. The summed E-state index contributed by atoms with van der Waals surface area (Å²) >= 11 is 0. The molecule has 0 N–H and O–H groups in total. The summed E-state index contributed by atoms with van der Waals surface area (Å²) in [6, 6.07) is 0. The summed E-state index contributed by atoms with van der Waals surface area (Å²) in [5, 5.41) is 0. The molecule has 2 aliphatic carbocycles. The standard InChI is InChI=1S/C16H30O2Si/c1-17-16(19,18-2)10-6-4-3-5-7-14-11-13-8-9-15(14)12-13/h8-9,13-15H,3-7,10-12H2,1-2,19H3. The lowest BCUT2D eigenvalue weighted by atomic mass is 9.88. The first kappa shape index (κ1) is 15.3. The molecule has 0 saturated heterocycles. The maximum Gasteiger partial charge on any atom is 0.140 e. The molecule has 110 valence electrons. The van der Waals surface area contributed by atoms with E-state index in [-0.39, 0.29) is 5.41 Å². The maximum absolute atomic E-state index is 5.44. The molecule has 0 heterocycles. The minimum atomic E-state index is -0.241. The van der Waals surface area contributed by atoms with Gasteiger partial charge in [0, 0.05) is 14.2 Å². The van der Waals surface area contributed by atoms with E-state index in [1.165, 1.54) is 44.9 Å². The lowest BCUT2D eigenvalue weighted by Gasteiger charge is -2.26. The first-order chi connectivity index (χ1) is 9.17. The van der Waals surface area contributed by atoms with Gasteiger partial charge in [0.1, 0.15) is 5.41 Å². The lowest BCUT2D eigenvalue weighted by molar-refractivity contribution is -0.146. The molecule has 2 rings (SSSR count). The van der Waals surface area contributed by atoms with Crippen LogP contribution in [0.15, 0.2) is 12.2 Å². The number of ether oxygens (including phenoxy) is 2. The molecular formula is C16H30O2Si. The van der Waals surface area contributed by atoms with E-state index in [0.717, 1.165) is 34.4 Å². The fourth-order valence-corrected chi connectivity index (χ4v) is 4.07. The van der Waals surface area contributed by atoms with Gasteiger partial charge in [0.05, 0.1) is 10.2 Å². The topological polar surface area (TPSA) is 18.5 Å². The second kappa shape index (κ2) is 7.05. The van der Waals surface area contributed by atoms with Gasteiger partial charge in [-0.2, -0.15) is 0 Å². The number of allylic oxidation sites excluding steroid dienone is 2. The molecule has 2 nitrogen and oxygen atoms in total. The molecule has 0 aromatic carbocycles. The Kier molecular flexibility index (Phi) is 5.66. The Balaban J connectivity index is 1.50. The average molecular weight is 282 g/mol. The highest BCUT2D eigenvalue weighted by Gasteiger charge is 2.34. The smallest absolute Gasteiger partial charge is 0.140 e. The van der Waals surface area contributed by atoms with Crippen molar-refractivity contribution in [1.82, 2.24) is 0 Å². The minimum absolute atomic E-state index is 0.241. The zero-order valence-electron chi connectivity index (χ0n) is 12.9. The summed E-state index contributed by atoms with van der Waals surface area (Å²) < 4.78 is 10.9. The van der Waals surface area contributed by atoms with Crippen LogP contribution in [0.2, 0.25) is 0 Å². The van der Waals surface area contributed by atoms with Gasteiger partial charge in [-0.3, -0.25) is 0 Å². The van der Waals surface area contributed by atoms with E-state index in [2.05, 4.69) is 12.2 Å². The highest BCUT2D eigenvalue weighted by Crippen LogP contribution is 2.45. The Hall–Kier alpha value is -0.123. The van der Waals surface area contributed by atoms with Gasteiger partial charge in [0.2, 0.25) is 0 Å². The number of unbranched alkanes of at least 4 members (excludes halogenated alkanes) is 3. The van der Waals surface area contributed by atoms with Crippen molar-refractivity contribution < 1.29 is 9.47 Å². The normalized spacial score (nSPS) is 29.5. The largest absolute Gasteiger partial charge is 0.358 e. The van der Waals surface area contributed by atoms with Crippen molar-refractivity contribution in [2.75, 3.05) is 14.2 Å². The number of hydrogen-bond donors (Lipinski definition) is 0. The van der Waals surface area contributed by atoms with Gasteiger partial charge >= 0.3 is 0 Å². The predicted octanol–water partition coefficient (Wildman–Crippen LogP) is 2.85. The van der Waals surface area contributed by atoms with Gasteiger partial charge < -0.3 is 9.47 Å². The van der Waals surface area contributed by atoms with Gasteiger partial charge in [0.25, 0.3) is 0 Å². The fourth-order valence-electron chi connectivity index (χ4n) is 3.72. The van der Waals surface area contributed by atoms with Crippen LogP contribution >= 0.6 is 0 Å². The quantitative estimate of drug-likeness (QED) is 0.280. The van der Waals surface area contributed by atoms with E-state index in [1.54, 1.807) is 14.2 Å². The second-order valence-electron chi connectivity index (χ2n) is 6.54. The monoisotopic (exact) mass is 282 g/mol. The number of fused-ring (bicyclic) bond motifs is 2. The van der Waals surface area contributed by atoms with Gasteiger partial charge in [0.15, 0.2) is 0 Å². The molecule has 3 heteroatoms. The van der Waals surface area contributed by atoms with E-state index in [0.29, 0.717) is 0 Å². The van der Waals surface area contributed by atoms with Crippen LogP contribution in [0.4, 0.5) is 0 Å². The molecule has 2 aliphatic rings. The molecule has 0 amide bonds. The highest BCUT2D eigenvalue weighted by molar-refractivity contribution is 6.13. The van der Waals surface area contributed by atoms with E-state index in [4.69, 9.17) is 9.47 Å². The third kappa shape index (κ3) is 4.17. The summed E-state index contributed by atoms with van der Waals surface area (Å²) in [5.41, 5.74) is -0.241. The zero-order chi connectivity index (χ0) is 13.7. The minimum Gasteiger partial charge on any atom is -0.358 e. The molecule has 3 atom stereocenters. The summed E-state index contributed by atoms with van der Waals surface area (Å²) in [6.45, 7) is 0. The molecule has 0 aromatic heterocycles. The van der Waals surface area contributed by atoms with Crippen LogP contribution in [0, 0.1) is 17.8 Å². The van der Waals surface area contributed by atoms with Crippen molar-refractivity contribution in [3.8, 4) is 0 Å². The SMILES string of the molecule is COC([SiH3])(CCCCCCC1CC2C=CC1C2)OC. The van der Waals surface area contributed by atoms with Crippen LogP contribution in [0.5, 0.6) is 0 Å². The van der Waals surface area contributed by atoms with E-state index in [9.17, 15) is 0 Å². The Morgan fingerprint density at radius 3 is 2.37 bits per heavy atom. The number of methoxy groups -OCH3 is 2. The fraction of sp³-hybridized carbons (Fsp3) is 0.875. The molecule has 0 spiro atoms. The van der Waals surface area contributed by atoms with Crippen LogP contribution < -0.4 is 0 Å². The van der Waals surface area contributed by atoms with Crippen molar-refractivity contribution >= 4 is 10.2 Å². The van der Waals surface area contributed by atoms with Crippen LogP contribution in [0.1, 0.15) is 51.4 Å². The number of hydrogen-bond acceptors (Lipinski definition) is 2. The van der Waals surface area contributed by atoms with Gasteiger partial charge in [-0.15, -0.1) is 0 Å². The van der Waals surface area contributed by atoms with Gasteiger partial charge in [-0.25, -0.2) is 0 Å². The molecule has 0 radical (unpaired) electrons. The molecule has 19 heavy (non-hydrogen) atoms.